The minimum Gasteiger partial charge on any atom is -0.440 e. The predicted molar refractivity (Wildman–Crippen MR) is 233 cm³/mol. The maximum atomic E-state index is 13.5. The number of hydrogen-bond acceptors (Lipinski definition) is 12. The number of rotatable bonds is 20. The van der Waals surface area contributed by atoms with Gasteiger partial charge in [0, 0.05) is 14.0 Å². The van der Waals surface area contributed by atoms with Gasteiger partial charge in [0.1, 0.15) is 42.7 Å². The Kier molecular flexibility index (Phi) is 15.9. The molecule has 8 rings (SSSR count). The van der Waals surface area contributed by atoms with Gasteiger partial charge >= 0.3 is 6.09 Å². The molecule has 5 aromatic carbocycles. The van der Waals surface area contributed by atoms with Crippen molar-refractivity contribution in [2.24, 2.45) is 0 Å². The summed E-state index contributed by atoms with van der Waals surface area (Å²) in [6.07, 6.45) is -9.21. The van der Waals surface area contributed by atoms with E-state index >= 15 is 0 Å². The van der Waals surface area contributed by atoms with E-state index in [2.05, 4.69) is 0 Å². The molecule has 0 unspecified atom stereocenters. The maximum Gasteiger partial charge on any atom is 0.417 e. The lowest BCUT2D eigenvalue weighted by Crippen LogP contribution is -2.66. The minimum atomic E-state index is -1.18. The van der Waals surface area contributed by atoms with Crippen molar-refractivity contribution in [2.75, 3.05) is 20.3 Å². The van der Waals surface area contributed by atoms with E-state index in [9.17, 15) is 9.59 Å². The molecule has 0 aliphatic carbocycles. The Bertz CT molecular complexity index is 2170. The Morgan fingerprint density at radius 1 is 0.516 bits per heavy atom. The van der Waals surface area contributed by atoms with E-state index < -0.39 is 73.4 Å². The highest BCUT2D eigenvalue weighted by molar-refractivity contribution is 5.92. The second-order valence-electron chi connectivity index (χ2n) is 15.9. The Balaban J connectivity index is 1.16. The van der Waals surface area contributed by atoms with Gasteiger partial charge in [-0.3, -0.25) is 4.79 Å². The summed E-state index contributed by atoms with van der Waals surface area (Å²) in [4.78, 5) is 27.5. The predicted octanol–water partition coefficient (Wildman–Crippen LogP) is 7.39. The van der Waals surface area contributed by atoms with Crippen LogP contribution in [-0.2, 0) is 85.2 Å². The smallest absolute Gasteiger partial charge is 0.417 e. The van der Waals surface area contributed by atoms with Gasteiger partial charge in [-0.2, -0.15) is 0 Å². The SMILES string of the molecule is CO[C@H]1O[C@H](COCc2ccccc2)[C@@H](O[C@H]2O[C@H](COCc3ccccc3)[C@@H](OCc3ccccc3)[C@H](OCc3ccccc3)[C@H]2OCc2ccccc2)[C@@H]2OC(=O)N(C(C)=O)[C@@H]12. The van der Waals surface area contributed by atoms with Crippen LogP contribution in [-0.4, -0.2) is 98.6 Å². The zero-order chi connectivity index (χ0) is 44.1. The topological polar surface area (TPSA) is 130 Å². The summed E-state index contributed by atoms with van der Waals surface area (Å²) in [6.45, 7) is 2.65. The van der Waals surface area contributed by atoms with Crippen molar-refractivity contribution in [3.63, 3.8) is 0 Å². The van der Waals surface area contributed by atoms with Crippen molar-refractivity contribution >= 4 is 12.0 Å². The summed E-state index contributed by atoms with van der Waals surface area (Å²) in [6, 6.07) is 48.2. The van der Waals surface area contributed by atoms with Gasteiger partial charge in [-0.05, 0) is 27.8 Å². The van der Waals surface area contributed by atoms with Crippen molar-refractivity contribution in [1.82, 2.24) is 4.90 Å². The Labute approximate surface area is 374 Å². The lowest BCUT2D eigenvalue weighted by molar-refractivity contribution is -0.360. The van der Waals surface area contributed by atoms with Gasteiger partial charge in [-0.15, -0.1) is 0 Å². The molecular formula is C51H55NO12. The molecule has 3 aliphatic rings. The largest absolute Gasteiger partial charge is 0.440 e. The van der Waals surface area contributed by atoms with Gasteiger partial charge in [-0.25, -0.2) is 9.69 Å². The summed E-state index contributed by atoms with van der Waals surface area (Å²) >= 11 is 0. The van der Waals surface area contributed by atoms with Crippen molar-refractivity contribution in [3.8, 4) is 0 Å². The van der Waals surface area contributed by atoms with Gasteiger partial charge in [0.05, 0.1) is 46.2 Å². The number of carbonyl (C=O) groups excluding carboxylic acids is 2. The molecule has 13 heteroatoms. The van der Waals surface area contributed by atoms with Gasteiger partial charge in [0.25, 0.3) is 0 Å². The number of fused-ring (bicyclic) bond motifs is 1. The molecule has 0 bridgehead atoms. The zero-order valence-corrected chi connectivity index (χ0v) is 36.0. The molecule has 3 saturated heterocycles. The van der Waals surface area contributed by atoms with Crippen molar-refractivity contribution in [3.05, 3.63) is 179 Å². The van der Waals surface area contributed by atoms with E-state index in [1.807, 2.05) is 152 Å². The first kappa shape index (κ1) is 45.3. The van der Waals surface area contributed by atoms with E-state index in [-0.39, 0.29) is 39.6 Å². The summed E-state index contributed by atoms with van der Waals surface area (Å²) in [5.41, 5.74) is 4.76. The van der Waals surface area contributed by atoms with Crippen molar-refractivity contribution in [2.45, 2.75) is 101 Å². The van der Waals surface area contributed by atoms with Gasteiger partial charge in [0.2, 0.25) is 5.91 Å². The summed E-state index contributed by atoms with van der Waals surface area (Å²) < 4.78 is 65.7. The second kappa shape index (κ2) is 22.5. The third kappa shape index (κ3) is 11.5. The molecule has 64 heavy (non-hydrogen) atoms. The highest BCUT2D eigenvalue weighted by atomic mass is 16.8. The van der Waals surface area contributed by atoms with Crippen LogP contribution in [0.1, 0.15) is 34.7 Å². The first-order valence-corrected chi connectivity index (χ1v) is 21.6. The Hall–Kier alpha value is -5.32. The van der Waals surface area contributed by atoms with Crippen LogP contribution in [0.4, 0.5) is 4.79 Å². The fourth-order valence-electron chi connectivity index (χ4n) is 8.30. The number of hydrogen-bond donors (Lipinski definition) is 0. The lowest BCUT2D eigenvalue weighted by Gasteiger charge is -2.49. The number of ether oxygens (including phenoxy) is 10. The Morgan fingerprint density at radius 2 is 0.906 bits per heavy atom. The molecule has 10 atom stereocenters. The van der Waals surface area contributed by atoms with E-state index in [1.54, 1.807) is 0 Å². The second-order valence-corrected chi connectivity index (χ2v) is 15.9. The average Bonchev–Trinajstić information content (AvgIpc) is 3.69. The number of methoxy groups -OCH3 is 1. The third-order valence-electron chi connectivity index (χ3n) is 11.4. The molecule has 336 valence electrons. The minimum absolute atomic E-state index is 0.0168. The fraction of sp³-hybridized carbons (Fsp3) is 0.373. The van der Waals surface area contributed by atoms with Crippen LogP contribution in [0.25, 0.3) is 0 Å². The van der Waals surface area contributed by atoms with Crippen LogP contribution >= 0.6 is 0 Å². The molecule has 0 aromatic heterocycles. The number of benzene rings is 5. The van der Waals surface area contributed by atoms with Crippen LogP contribution in [0.3, 0.4) is 0 Å². The molecule has 3 fully saturated rings. The highest BCUT2D eigenvalue weighted by Gasteiger charge is 2.60. The van der Waals surface area contributed by atoms with E-state index in [0.717, 1.165) is 32.7 Å². The number of amides is 2. The molecule has 13 nitrogen and oxygen atoms in total. The normalized spacial score (nSPS) is 26.6. The monoisotopic (exact) mass is 873 g/mol. The fourth-order valence-corrected chi connectivity index (χ4v) is 8.30. The standard InChI is InChI=1S/C51H55NO12/c1-35(53)52-43-46(64-51(52)54)45(42(61-49(43)55-2)34-57-29-37-20-10-4-11-21-37)63-50-48(60-32-40-26-16-7-17-27-40)47(59-31-39-24-14-6-15-25-39)44(58-30-38-22-12-5-13-23-38)41(62-50)33-56-28-36-18-8-3-9-19-36/h3-27,41-50H,28-34H2,1-2H3/t41-,42-,43-,44-,45-,46-,47+,48-,49+,50-/m1/s1. The van der Waals surface area contributed by atoms with Crippen LogP contribution in [0.2, 0.25) is 0 Å². The summed E-state index contributed by atoms with van der Waals surface area (Å²) in [7, 11) is 1.45. The van der Waals surface area contributed by atoms with Crippen molar-refractivity contribution < 1.29 is 57.0 Å². The third-order valence-corrected chi connectivity index (χ3v) is 11.4. The highest BCUT2D eigenvalue weighted by Crippen LogP contribution is 2.39. The molecular weight excluding hydrogens is 819 g/mol. The number of carbonyl (C=O) groups is 2. The quantitative estimate of drug-likeness (QED) is 0.0773. The van der Waals surface area contributed by atoms with Gasteiger partial charge in [0.15, 0.2) is 18.7 Å². The Morgan fingerprint density at radius 3 is 1.34 bits per heavy atom. The summed E-state index contributed by atoms with van der Waals surface area (Å²) in [5.74, 6) is -0.526. The van der Waals surface area contributed by atoms with Crippen LogP contribution in [0.15, 0.2) is 152 Å². The molecule has 3 aliphatic heterocycles. The number of nitrogens with zero attached hydrogens (tertiary/aromatic N) is 1. The lowest BCUT2D eigenvalue weighted by atomic mass is 9.95. The number of imide groups is 1. The van der Waals surface area contributed by atoms with Crippen LogP contribution < -0.4 is 0 Å². The molecule has 2 amide bonds. The summed E-state index contributed by atoms with van der Waals surface area (Å²) in [5, 5.41) is 0. The molecule has 3 heterocycles. The van der Waals surface area contributed by atoms with Gasteiger partial charge < -0.3 is 47.4 Å². The first-order chi connectivity index (χ1) is 31.4. The van der Waals surface area contributed by atoms with E-state index in [0.29, 0.717) is 6.61 Å². The van der Waals surface area contributed by atoms with E-state index in [1.165, 1.54) is 14.0 Å². The molecule has 5 aromatic rings. The van der Waals surface area contributed by atoms with Crippen molar-refractivity contribution in [1.29, 1.82) is 0 Å². The van der Waals surface area contributed by atoms with E-state index in [4.69, 9.17) is 47.4 Å². The van der Waals surface area contributed by atoms with Crippen LogP contribution in [0.5, 0.6) is 0 Å². The molecule has 0 saturated carbocycles. The average molecular weight is 874 g/mol. The molecule has 0 radical (unpaired) electrons. The maximum absolute atomic E-state index is 13.5. The zero-order valence-electron chi connectivity index (χ0n) is 36.0. The van der Waals surface area contributed by atoms with Crippen LogP contribution in [0, 0.1) is 0 Å². The first-order valence-electron chi connectivity index (χ1n) is 21.6. The van der Waals surface area contributed by atoms with Gasteiger partial charge in [-0.1, -0.05) is 152 Å². The molecule has 0 N–H and O–H groups in total. The molecule has 0 spiro atoms.